The molecule has 5 N–H and O–H groups in total. The van der Waals surface area contributed by atoms with E-state index in [9.17, 15) is 18.7 Å². The number of rotatable bonds is 5. The summed E-state index contributed by atoms with van der Waals surface area (Å²) in [4.78, 5) is 11.6. The Kier molecular flexibility index (Phi) is 9.47. The topological polar surface area (TPSA) is 123 Å². The smallest absolute Gasteiger partial charge is 0.412 e. The van der Waals surface area contributed by atoms with Gasteiger partial charge in [0.1, 0.15) is 5.60 Å². The highest BCUT2D eigenvalue weighted by atomic mass is 19.1. The zero-order valence-electron chi connectivity index (χ0n) is 18.1. The number of methoxy groups -OCH3 is 2. The van der Waals surface area contributed by atoms with E-state index in [1.807, 2.05) is 0 Å². The number of aliphatic hydroxyl groups excluding tert-OH is 2. The van der Waals surface area contributed by atoms with Crippen LogP contribution in [0.25, 0.3) is 0 Å². The van der Waals surface area contributed by atoms with Crippen LogP contribution in [0.3, 0.4) is 0 Å². The van der Waals surface area contributed by atoms with E-state index in [1.165, 1.54) is 38.5 Å². The molecule has 31 heavy (non-hydrogen) atoms. The van der Waals surface area contributed by atoms with Gasteiger partial charge < -0.3 is 30.2 Å². The third-order valence-electron chi connectivity index (χ3n) is 3.84. The summed E-state index contributed by atoms with van der Waals surface area (Å²) < 4.78 is 41.6. The molecule has 1 amide bonds. The molecule has 0 radical (unpaired) electrons. The number of amides is 1. The van der Waals surface area contributed by atoms with E-state index < -0.39 is 36.5 Å². The molecule has 10 heteroatoms. The van der Waals surface area contributed by atoms with Crippen LogP contribution >= 0.6 is 0 Å². The Balaban J connectivity index is 0.000000343. The molecule has 0 aromatic heterocycles. The summed E-state index contributed by atoms with van der Waals surface area (Å²) in [5, 5.41) is 20.3. The number of nitrogen functional groups attached to an aromatic ring is 1. The van der Waals surface area contributed by atoms with Gasteiger partial charge in [0, 0.05) is 16.8 Å². The normalized spacial score (nSPS) is 10.6. The van der Waals surface area contributed by atoms with Gasteiger partial charge in [-0.2, -0.15) is 0 Å². The lowest BCUT2D eigenvalue weighted by Gasteiger charge is -2.20. The molecular formula is C21H28F2N2O6. The molecule has 0 fully saturated rings. The SMILES string of the molecule is COc1ccc(N)c(CO)c1F.COc1ccc(NC(=O)OC(C)(C)C)c(CO)c1F. The number of carbonyl (C=O) groups excluding carboxylic acids is 1. The molecule has 0 saturated heterocycles. The Morgan fingerprint density at radius 3 is 1.90 bits per heavy atom. The number of hydrogen-bond donors (Lipinski definition) is 4. The van der Waals surface area contributed by atoms with Gasteiger partial charge in [0.05, 0.1) is 33.1 Å². The minimum Gasteiger partial charge on any atom is -0.494 e. The molecule has 8 nitrogen and oxygen atoms in total. The molecule has 2 rings (SSSR count). The van der Waals surface area contributed by atoms with Crippen molar-refractivity contribution >= 4 is 17.5 Å². The summed E-state index contributed by atoms with van der Waals surface area (Å²) in [5.74, 6) is -1.22. The lowest BCUT2D eigenvalue weighted by Crippen LogP contribution is -2.27. The Morgan fingerprint density at radius 1 is 0.968 bits per heavy atom. The quantitative estimate of drug-likeness (QED) is 0.522. The molecule has 2 aromatic rings. The number of benzene rings is 2. The Hall–Kier alpha value is -3.11. The van der Waals surface area contributed by atoms with Crippen molar-refractivity contribution in [2.75, 3.05) is 25.3 Å². The molecule has 0 bridgehead atoms. The second-order valence-corrected chi connectivity index (χ2v) is 7.20. The maximum Gasteiger partial charge on any atom is 0.412 e. The van der Waals surface area contributed by atoms with E-state index in [4.69, 9.17) is 25.1 Å². The maximum absolute atomic E-state index is 13.8. The monoisotopic (exact) mass is 442 g/mol. The molecule has 0 atom stereocenters. The fraction of sp³-hybridized carbons (Fsp3) is 0.381. The zero-order valence-corrected chi connectivity index (χ0v) is 18.1. The van der Waals surface area contributed by atoms with Crippen molar-refractivity contribution in [1.29, 1.82) is 0 Å². The number of ether oxygens (including phenoxy) is 3. The number of hydrogen-bond acceptors (Lipinski definition) is 7. The Bertz CT molecular complexity index is 900. The number of anilines is 2. The van der Waals surface area contributed by atoms with Crippen molar-refractivity contribution in [1.82, 2.24) is 0 Å². The van der Waals surface area contributed by atoms with E-state index in [2.05, 4.69) is 5.32 Å². The molecule has 2 aromatic carbocycles. The van der Waals surface area contributed by atoms with Gasteiger partial charge >= 0.3 is 6.09 Å². The fourth-order valence-electron chi connectivity index (χ4n) is 2.38. The third kappa shape index (κ3) is 7.26. The predicted octanol–water partition coefficient (Wildman–Crippen LogP) is 3.58. The lowest BCUT2D eigenvalue weighted by atomic mass is 10.1. The molecule has 0 saturated carbocycles. The van der Waals surface area contributed by atoms with Crippen LogP contribution in [0.1, 0.15) is 31.9 Å². The predicted molar refractivity (Wildman–Crippen MR) is 112 cm³/mol. The molecule has 172 valence electrons. The number of aliphatic hydroxyl groups is 2. The van der Waals surface area contributed by atoms with Gasteiger partial charge in [-0.05, 0) is 45.0 Å². The molecular weight excluding hydrogens is 414 g/mol. The number of carbonyl (C=O) groups is 1. The van der Waals surface area contributed by atoms with Crippen LogP contribution < -0.4 is 20.5 Å². The number of halogens is 2. The van der Waals surface area contributed by atoms with Crippen molar-refractivity contribution in [3.05, 3.63) is 47.0 Å². The largest absolute Gasteiger partial charge is 0.494 e. The second kappa shape index (κ2) is 11.3. The summed E-state index contributed by atoms with van der Waals surface area (Å²) in [6, 6.07) is 5.72. The first-order chi connectivity index (χ1) is 14.5. The third-order valence-corrected chi connectivity index (χ3v) is 3.84. The Labute approximate surface area is 179 Å². The van der Waals surface area contributed by atoms with Crippen LogP contribution in [-0.2, 0) is 18.0 Å². The Morgan fingerprint density at radius 2 is 1.45 bits per heavy atom. The zero-order chi connectivity index (χ0) is 23.8. The van der Waals surface area contributed by atoms with Crippen LogP contribution in [-0.4, -0.2) is 36.1 Å². The van der Waals surface area contributed by atoms with Crippen LogP contribution in [0, 0.1) is 11.6 Å². The molecule has 0 heterocycles. The summed E-state index contributed by atoms with van der Waals surface area (Å²) in [5.41, 5.74) is 5.15. The van der Waals surface area contributed by atoms with Gasteiger partial charge in [0.15, 0.2) is 23.1 Å². The van der Waals surface area contributed by atoms with E-state index in [0.29, 0.717) is 0 Å². The van der Waals surface area contributed by atoms with Gasteiger partial charge in [-0.15, -0.1) is 0 Å². The average Bonchev–Trinajstić information content (AvgIpc) is 2.68. The molecule has 0 unspecified atom stereocenters. The average molecular weight is 442 g/mol. The standard InChI is InChI=1S/C13H18FNO4.C8H10FNO2/c1-13(2,3)19-12(17)15-9-5-6-10(18-4)11(14)8(9)7-16;1-12-7-3-2-6(10)5(4-11)8(7)9/h5-6,16H,7H2,1-4H3,(H,15,17);2-3,11H,4,10H2,1H3. The van der Waals surface area contributed by atoms with Crippen molar-refractivity contribution in [3.63, 3.8) is 0 Å². The van der Waals surface area contributed by atoms with Crippen LogP contribution in [0.15, 0.2) is 24.3 Å². The van der Waals surface area contributed by atoms with Gasteiger partial charge in [0.2, 0.25) is 0 Å². The van der Waals surface area contributed by atoms with Gasteiger partial charge in [-0.25, -0.2) is 13.6 Å². The van der Waals surface area contributed by atoms with Crippen LogP contribution in [0.4, 0.5) is 25.0 Å². The summed E-state index contributed by atoms with van der Waals surface area (Å²) in [6.45, 7) is 4.17. The first-order valence-electron chi connectivity index (χ1n) is 9.16. The van der Waals surface area contributed by atoms with E-state index in [-0.39, 0.29) is 34.0 Å². The van der Waals surface area contributed by atoms with Gasteiger partial charge in [-0.3, -0.25) is 5.32 Å². The van der Waals surface area contributed by atoms with Crippen LogP contribution in [0.5, 0.6) is 11.5 Å². The minimum atomic E-state index is -0.716. The first-order valence-corrected chi connectivity index (χ1v) is 9.16. The van der Waals surface area contributed by atoms with E-state index in [0.717, 1.165) is 0 Å². The van der Waals surface area contributed by atoms with Gasteiger partial charge in [-0.1, -0.05) is 0 Å². The number of nitrogens with one attached hydrogen (secondary N) is 1. The highest BCUT2D eigenvalue weighted by Crippen LogP contribution is 2.28. The molecule has 0 aliphatic rings. The summed E-state index contributed by atoms with van der Waals surface area (Å²) in [6.07, 6.45) is -0.716. The minimum absolute atomic E-state index is 0.00112. The van der Waals surface area contributed by atoms with Crippen LogP contribution in [0.2, 0.25) is 0 Å². The lowest BCUT2D eigenvalue weighted by molar-refractivity contribution is 0.0635. The van der Waals surface area contributed by atoms with E-state index in [1.54, 1.807) is 20.8 Å². The summed E-state index contributed by atoms with van der Waals surface area (Å²) >= 11 is 0. The first kappa shape index (κ1) is 25.9. The van der Waals surface area contributed by atoms with Gasteiger partial charge in [0.25, 0.3) is 0 Å². The van der Waals surface area contributed by atoms with Crippen molar-refractivity contribution in [2.24, 2.45) is 0 Å². The van der Waals surface area contributed by atoms with Crippen molar-refractivity contribution < 1.29 is 38.0 Å². The highest BCUT2D eigenvalue weighted by molar-refractivity contribution is 5.86. The van der Waals surface area contributed by atoms with E-state index >= 15 is 0 Å². The molecule has 0 aliphatic heterocycles. The maximum atomic E-state index is 13.8. The number of nitrogens with two attached hydrogens (primary N) is 1. The highest BCUT2D eigenvalue weighted by Gasteiger charge is 2.19. The summed E-state index contributed by atoms with van der Waals surface area (Å²) in [7, 11) is 2.68. The fourth-order valence-corrected chi connectivity index (χ4v) is 2.38. The van der Waals surface area contributed by atoms with Crippen molar-refractivity contribution in [3.8, 4) is 11.5 Å². The molecule has 0 spiro atoms. The second-order valence-electron chi connectivity index (χ2n) is 7.20. The molecule has 0 aliphatic carbocycles. The van der Waals surface area contributed by atoms with Crippen molar-refractivity contribution in [2.45, 2.75) is 39.6 Å².